The van der Waals surface area contributed by atoms with E-state index in [0.29, 0.717) is 30.2 Å². The molecule has 25 heavy (non-hydrogen) atoms. The summed E-state index contributed by atoms with van der Waals surface area (Å²) in [5, 5.41) is 1.97. The number of nitrogens with zero attached hydrogens (tertiary/aromatic N) is 1. The van der Waals surface area contributed by atoms with Crippen LogP contribution in [0.15, 0.2) is 66.0 Å². The lowest BCUT2D eigenvalue weighted by Gasteiger charge is -2.22. The lowest BCUT2D eigenvalue weighted by molar-refractivity contribution is 0.0985. The monoisotopic (exact) mass is 355 g/mol. The molecule has 0 aliphatic heterocycles. The van der Waals surface area contributed by atoms with Crippen molar-refractivity contribution in [3.8, 4) is 5.75 Å². The van der Waals surface area contributed by atoms with Gasteiger partial charge >= 0.3 is 0 Å². The van der Waals surface area contributed by atoms with Crippen molar-refractivity contribution in [1.82, 2.24) is 0 Å². The van der Waals surface area contributed by atoms with E-state index in [2.05, 4.69) is 0 Å². The van der Waals surface area contributed by atoms with Gasteiger partial charge in [-0.1, -0.05) is 12.1 Å². The average Bonchev–Trinajstić information content (AvgIpc) is 3.14. The zero-order chi connectivity index (χ0) is 17.6. The van der Waals surface area contributed by atoms with Gasteiger partial charge in [0.15, 0.2) is 0 Å². The van der Waals surface area contributed by atoms with Crippen LogP contribution in [0.3, 0.4) is 0 Å². The number of rotatable bonds is 6. The van der Waals surface area contributed by atoms with Gasteiger partial charge in [-0.2, -0.15) is 0 Å². The largest absolute Gasteiger partial charge is 0.494 e. The second kappa shape index (κ2) is 7.94. The van der Waals surface area contributed by atoms with Crippen LogP contribution in [0.4, 0.5) is 10.1 Å². The van der Waals surface area contributed by atoms with Gasteiger partial charge in [0.2, 0.25) is 0 Å². The van der Waals surface area contributed by atoms with Gasteiger partial charge in [-0.25, -0.2) is 4.39 Å². The second-order valence-corrected chi connectivity index (χ2v) is 6.44. The van der Waals surface area contributed by atoms with Crippen molar-refractivity contribution < 1.29 is 13.9 Å². The number of carbonyl (C=O) groups is 1. The van der Waals surface area contributed by atoms with Crippen molar-refractivity contribution in [1.29, 1.82) is 0 Å². The fourth-order valence-electron chi connectivity index (χ4n) is 2.50. The summed E-state index contributed by atoms with van der Waals surface area (Å²) in [7, 11) is 0. The molecule has 0 saturated heterocycles. The Labute approximate surface area is 150 Å². The summed E-state index contributed by atoms with van der Waals surface area (Å²) in [4.78, 5) is 15.8. The van der Waals surface area contributed by atoms with Crippen LogP contribution in [-0.2, 0) is 6.54 Å². The first kappa shape index (κ1) is 17.2. The average molecular weight is 355 g/mol. The Morgan fingerprint density at radius 1 is 1.12 bits per heavy atom. The summed E-state index contributed by atoms with van der Waals surface area (Å²) < 4.78 is 18.8. The molecule has 3 nitrogen and oxygen atoms in total. The molecule has 2 aromatic carbocycles. The Kier molecular flexibility index (Phi) is 5.46. The molecule has 1 aromatic heterocycles. The molecule has 0 radical (unpaired) electrons. The standard InChI is InChI=1S/C20H18FNO2S/c1-2-24-18-6-3-5-15(13-18)20(23)22(14-19-7-4-12-25-19)17-10-8-16(21)9-11-17/h3-13H,2,14H2,1H3. The molecule has 0 aliphatic rings. The lowest BCUT2D eigenvalue weighted by Crippen LogP contribution is -2.30. The Morgan fingerprint density at radius 2 is 1.92 bits per heavy atom. The van der Waals surface area contributed by atoms with E-state index in [1.807, 2.05) is 30.5 Å². The highest BCUT2D eigenvalue weighted by Crippen LogP contribution is 2.24. The van der Waals surface area contributed by atoms with E-state index in [1.165, 1.54) is 12.1 Å². The summed E-state index contributed by atoms with van der Waals surface area (Å²) in [6, 6.07) is 17.0. The molecule has 0 spiro atoms. The minimum atomic E-state index is -0.328. The van der Waals surface area contributed by atoms with Crippen molar-refractivity contribution in [2.45, 2.75) is 13.5 Å². The third-order valence-corrected chi connectivity index (χ3v) is 4.53. The highest BCUT2D eigenvalue weighted by atomic mass is 32.1. The van der Waals surface area contributed by atoms with Crippen LogP contribution in [0.25, 0.3) is 0 Å². The van der Waals surface area contributed by atoms with E-state index in [1.54, 1.807) is 46.6 Å². The number of thiophene rings is 1. The number of carbonyl (C=O) groups excluding carboxylic acids is 1. The smallest absolute Gasteiger partial charge is 0.258 e. The molecule has 1 heterocycles. The van der Waals surface area contributed by atoms with Gasteiger partial charge in [-0.15, -0.1) is 11.3 Å². The lowest BCUT2D eigenvalue weighted by atomic mass is 10.1. The van der Waals surface area contributed by atoms with Gasteiger partial charge in [0.05, 0.1) is 13.2 Å². The molecular weight excluding hydrogens is 337 g/mol. The van der Waals surface area contributed by atoms with Crippen molar-refractivity contribution in [3.05, 3.63) is 82.3 Å². The number of benzene rings is 2. The van der Waals surface area contributed by atoms with Gasteiger partial charge < -0.3 is 9.64 Å². The molecule has 0 bridgehead atoms. The third-order valence-electron chi connectivity index (χ3n) is 3.67. The van der Waals surface area contributed by atoms with Crippen LogP contribution in [0.2, 0.25) is 0 Å². The topological polar surface area (TPSA) is 29.5 Å². The summed E-state index contributed by atoms with van der Waals surface area (Å²) in [6.45, 7) is 2.87. The van der Waals surface area contributed by atoms with Crippen LogP contribution in [0.5, 0.6) is 5.75 Å². The van der Waals surface area contributed by atoms with E-state index < -0.39 is 0 Å². The minimum absolute atomic E-state index is 0.151. The van der Waals surface area contributed by atoms with Crippen molar-refractivity contribution in [2.75, 3.05) is 11.5 Å². The van der Waals surface area contributed by atoms with Crippen LogP contribution >= 0.6 is 11.3 Å². The van der Waals surface area contributed by atoms with Crippen LogP contribution in [0.1, 0.15) is 22.2 Å². The Morgan fingerprint density at radius 3 is 2.60 bits per heavy atom. The third kappa shape index (κ3) is 4.25. The highest BCUT2D eigenvalue weighted by Gasteiger charge is 2.19. The van der Waals surface area contributed by atoms with E-state index in [9.17, 15) is 9.18 Å². The predicted molar refractivity (Wildman–Crippen MR) is 98.8 cm³/mol. The molecule has 3 rings (SSSR count). The van der Waals surface area contributed by atoms with Gasteiger partial charge in [-0.3, -0.25) is 4.79 Å². The predicted octanol–water partition coefficient (Wildman–Crippen LogP) is 5.13. The van der Waals surface area contributed by atoms with Crippen molar-refractivity contribution >= 4 is 22.9 Å². The quantitative estimate of drug-likeness (QED) is 0.613. The zero-order valence-corrected chi connectivity index (χ0v) is 14.6. The van der Waals surface area contributed by atoms with Gasteiger partial charge in [0, 0.05) is 16.1 Å². The Balaban J connectivity index is 1.94. The summed E-state index contributed by atoms with van der Waals surface area (Å²) >= 11 is 1.58. The first-order valence-electron chi connectivity index (χ1n) is 8.00. The van der Waals surface area contributed by atoms with E-state index in [0.717, 1.165) is 4.88 Å². The first-order valence-corrected chi connectivity index (χ1v) is 8.88. The fraction of sp³-hybridized carbons (Fsp3) is 0.150. The number of ether oxygens (including phenoxy) is 1. The molecule has 0 fully saturated rings. The summed E-state index contributed by atoms with van der Waals surface area (Å²) in [5.74, 6) is 0.177. The van der Waals surface area contributed by atoms with E-state index in [-0.39, 0.29) is 11.7 Å². The second-order valence-electron chi connectivity index (χ2n) is 5.41. The van der Waals surface area contributed by atoms with Crippen LogP contribution in [-0.4, -0.2) is 12.5 Å². The summed E-state index contributed by atoms with van der Waals surface area (Å²) in [5.41, 5.74) is 1.19. The molecular formula is C20H18FNO2S. The van der Waals surface area contributed by atoms with Gasteiger partial charge in [-0.05, 0) is 60.8 Å². The zero-order valence-electron chi connectivity index (χ0n) is 13.8. The molecule has 0 unspecified atom stereocenters. The number of hydrogen-bond acceptors (Lipinski definition) is 3. The Hall–Kier alpha value is -2.66. The maximum atomic E-state index is 13.3. The van der Waals surface area contributed by atoms with E-state index in [4.69, 9.17) is 4.74 Å². The number of halogens is 1. The first-order chi connectivity index (χ1) is 12.2. The molecule has 0 aliphatic carbocycles. The molecule has 0 saturated carbocycles. The van der Waals surface area contributed by atoms with Crippen molar-refractivity contribution in [2.24, 2.45) is 0 Å². The highest BCUT2D eigenvalue weighted by molar-refractivity contribution is 7.09. The summed E-state index contributed by atoms with van der Waals surface area (Å²) in [6.07, 6.45) is 0. The SMILES string of the molecule is CCOc1cccc(C(=O)N(Cc2cccs2)c2ccc(F)cc2)c1. The maximum Gasteiger partial charge on any atom is 0.258 e. The Bertz CT molecular complexity index is 831. The number of hydrogen-bond donors (Lipinski definition) is 0. The molecule has 3 aromatic rings. The van der Waals surface area contributed by atoms with Gasteiger partial charge in [0.1, 0.15) is 11.6 Å². The number of anilines is 1. The molecule has 1 amide bonds. The maximum absolute atomic E-state index is 13.3. The minimum Gasteiger partial charge on any atom is -0.494 e. The normalized spacial score (nSPS) is 10.5. The van der Waals surface area contributed by atoms with Crippen molar-refractivity contribution in [3.63, 3.8) is 0 Å². The molecule has 0 N–H and O–H groups in total. The van der Waals surface area contributed by atoms with Crippen LogP contribution < -0.4 is 9.64 Å². The fourth-order valence-corrected chi connectivity index (χ4v) is 3.19. The van der Waals surface area contributed by atoms with Crippen LogP contribution in [0, 0.1) is 5.82 Å². The number of amides is 1. The van der Waals surface area contributed by atoms with E-state index >= 15 is 0 Å². The molecule has 5 heteroatoms. The molecule has 0 atom stereocenters. The van der Waals surface area contributed by atoms with Gasteiger partial charge in [0.25, 0.3) is 5.91 Å². The molecule has 128 valence electrons.